The third-order valence-electron chi connectivity index (χ3n) is 3.94. The van der Waals surface area contributed by atoms with Gasteiger partial charge in [-0.05, 0) is 43.1 Å². The number of aliphatic hydroxyl groups excluding tert-OH is 1. The molecule has 0 spiro atoms. The Hall–Kier alpha value is -2.04. The van der Waals surface area contributed by atoms with E-state index in [-0.39, 0.29) is 6.04 Å². The van der Waals surface area contributed by atoms with E-state index < -0.39 is 6.10 Å². The molecule has 0 aromatic heterocycles. The predicted octanol–water partition coefficient (Wildman–Crippen LogP) is 2.96. The summed E-state index contributed by atoms with van der Waals surface area (Å²) < 4.78 is 10.6. The average molecular weight is 315 g/mol. The molecular weight excluding hydrogens is 290 g/mol. The van der Waals surface area contributed by atoms with E-state index in [0.717, 1.165) is 35.6 Å². The van der Waals surface area contributed by atoms with Crippen molar-refractivity contribution >= 4 is 0 Å². The molecule has 23 heavy (non-hydrogen) atoms. The van der Waals surface area contributed by atoms with Crippen LogP contribution in [0.5, 0.6) is 11.5 Å². The molecule has 0 radical (unpaired) electrons. The van der Waals surface area contributed by atoms with Crippen molar-refractivity contribution in [2.45, 2.75) is 25.5 Å². The van der Waals surface area contributed by atoms with Crippen molar-refractivity contribution in [2.24, 2.45) is 0 Å². The van der Waals surface area contributed by atoms with Crippen molar-refractivity contribution in [3.63, 3.8) is 0 Å². The molecule has 2 rings (SSSR count). The van der Waals surface area contributed by atoms with Crippen LogP contribution in [0.25, 0.3) is 0 Å². The van der Waals surface area contributed by atoms with Crippen molar-refractivity contribution in [2.75, 3.05) is 20.8 Å². The second-order valence-electron chi connectivity index (χ2n) is 5.54. The molecule has 2 aromatic carbocycles. The Morgan fingerprint density at radius 1 is 1.00 bits per heavy atom. The monoisotopic (exact) mass is 315 g/mol. The topological polar surface area (TPSA) is 50.7 Å². The van der Waals surface area contributed by atoms with Crippen LogP contribution in [-0.4, -0.2) is 31.9 Å². The summed E-state index contributed by atoms with van der Waals surface area (Å²) >= 11 is 0. The first kappa shape index (κ1) is 17.3. The highest BCUT2D eigenvalue weighted by Crippen LogP contribution is 2.27. The quantitative estimate of drug-likeness (QED) is 0.786. The van der Waals surface area contributed by atoms with Gasteiger partial charge in [-0.15, -0.1) is 0 Å². The molecule has 4 nitrogen and oxygen atoms in total. The van der Waals surface area contributed by atoms with Gasteiger partial charge in [0.25, 0.3) is 0 Å². The van der Waals surface area contributed by atoms with E-state index in [2.05, 4.69) is 5.32 Å². The highest BCUT2D eigenvalue weighted by Gasteiger charge is 2.15. The van der Waals surface area contributed by atoms with E-state index in [0.29, 0.717) is 0 Å². The summed E-state index contributed by atoms with van der Waals surface area (Å²) in [6.07, 6.45) is 0.341. The fourth-order valence-electron chi connectivity index (χ4n) is 2.53. The minimum atomic E-state index is -0.512. The van der Waals surface area contributed by atoms with E-state index in [1.54, 1.807) is 14.2 Å². The van der Waals surface area contributed by atoms with Gasteiger partial charge in [0.1, 0.15) is 0 Å². The van der Waals surface area contributed by atoms with Crippen LogP contribution in [0.3, 0.4) is 0 Å². The minimum absolute atomic E-state index is 0.0162. The number of methoxy groups -OCH3 is 2. The predicted molar refractivity (Wildman–Crippen MR) is 92.1 cm³/mol. The standard InChI is InChI=1S/C19H25NO3/c1-14(19(21)16-7-5-4-6-8-16)20-12-11-15-9-10-17(22-2)18(13-15)23-3/h4-10,13-14,19-21H,11-12H2,1-3H3/t14-,19+/m0/s1. The van der Waals surface area contributed by atoms with Crippen LogP contribution in [0.2, 0.25) is 0 Å². The Bertz CT molecular complexity index is 601. The number of hydrogen-bond donors (Lipinski definition) is 2. The first-order valence-electron chi connectivity index (χ1n) is 7.83. The van der Waals surface area contributed by atoms with Gasteiger partial charge >= 0.3 is 0 Å². The smallest absolute Gasteiger partial charge is 0.160 e. The molecule has 0 bridgehead atoms. The van der Waals surface area contributed by atoms with E-state index in [1.165, 1.54) is 0 Å². The molecule has 0 saturated heterocycles. The second kappa shape index (κ2) is 8.56. The summed E-state index contributed by atoms with van der Waals surface area (Å²) in [5.74, 6) is 1.47. The molecule has 0 unspecified atom stereocenters. The molecule has 2 atom stereocenters. The summed E-state index contributed by atoms with van der Waals surface area (Å²) in [5, 5.41) is 13.7. The lowest BCUT2D eigenvalue weighted by Crippen LogP contribution is -2.33. The van der Waals surface area contributed by atoms with Crippen LogP contribution in [0.1, 0.15) is 24.2 Å². The fourth-order valence-corrected chi connectivity index (χ4v) is 2.53. The van der Waals surface area contributed by atoms with Crippen molar-refractivity contribution in [3.8, 4) is 11.5 Å². The molecule has 0 amide bonds. The molecule has 0 heterocycles. The SMILES string of the molecule is COc1ccc(CCN[C@@H](C)[C@@H](O)c2ccccc2)cc1OC. The number of nitrogens with one attached hydrogen (secondary N) is 1. The zero-order chi connectivity index (χ0) is 16.7. The maximum Gasteiger partial charge on any atom is 0.160 e. The highest BCUT2D eigenvalue weighted by molar-refractivity contribution is 5.42. The zero-order valence-corrected chi connectivity index (χ0v) is 14.0. The van der Waals surface area contributed by atoms with Crippen molar-refractivity contribution < 1.29 is 14.6 Å². The van der Waals surface area contributed by atoms with Crippen LogP contribution >= 0.6 is 0 Å². The van der Waals surface area contributed by atoms with Gasteiger partial charge in [0, 0.05) is 6.04 Å². The highest BCUT2D eigenvalue weighted by atomic mass is 16.5. The van der Waals surface area contributed by atoms with Crippen LogP contribution in [0.15, 0.2) is 48.5 Å². The van der Waals surface area contributed by atoms with Gasteiger partial charge in [-0.25, -0.2) is 0 Å². The molecule has 2 aromatic rings. The minimum Gasteiger partial charge on any atom is -0.493 e. The lowest BCUT2D eigenvalue weighted by Gasteiger charge is -2.20. The van der Waals surface area contributed by atoms with Gasteiger partial charge in [0.15, 0.2) is 11.5 Å². The van der Waals surface area contributed by atoms with E-state index in [1.807, 2.05) is 55.5 Å². The van der Waals surface area contributed by atoms with Gasteiger partial charge in [0.2, 0.25) is 0 Å². The Morgan fingerprint density at radius 2 is 1.70 bits per heavy atom. The van der Waals surface area contributed by atoms with Crippen LogP contribution in [-0.2, 0) is 6.42 Å². The molecule has 2 N–H and O–H groups in total. The third kappa shape index (κ3) is 4.71. The summed E-state index contributed by atoms with van der Waals surface area (Å²) in [4.78, 5) is 0. The largest absolute Gasteiger partial charge is 0.493 e. The molecule has 0 aliphatic carbocycles. The Balaban J connectivity index is 1.87. The Kier molecular flexibility index (Phi) is 6.44. The third-order valence-corrected chi connectivity index (χ3v) is 3.94. The van der Waals surface area contributed by atoms with E-state index in [9.17, 15) is 5.11 Å². The first-order chi connectivity index (χ1) is 11.2. The first-order valence-corrected chi connectivity index (χ1v) is 7.83. The summed E-state index contributed by atoms with van der Waals surface area (Å²) in [6.45, 7) is 2.77. The van der Waals surface area contributed by atoms with Crippen LogP contribution in [0.4, 0.5) is 0 Å². The summed E-state index contributed by atoms with van der Waals surface area (Å²) in [5.41, 5.74) is 2.09. The lowest BCUT2D eigenvalue weighted by atomic mass is 10.0. The number of ether oxygens (including phenoxy) is 2. The maximum absolute atomic E-state index is 10.3. The molecular formula is C19H25NO3. The Labute approximate surface area is 138 Å². The van der Waals surface area contributed by atoms with E-state index in [4.69, 9.17) is 9.47 Å². The van der Waals surface area contributed by atoms with Crippen LogP contribution < -0.4 is 14.8 Å². The maximum atomic E-state index is 10.3. The average Bonchev–Trinajstić information content (AvgIpc) is 2.61. The molecule has 0 aliphatic heterocycles. The summed E-state index contributed by atoms with van der Waals surface area (Å²) in [7, 11) is 3.27. The van der Waals surface area contributed by atoms with Gasteiger partial charge < -0.3 is 19.9 Å². The summed E-state index contributed by atoms with van der Waals surface area (Å²) in [6, 6.07) is 15.6. The Morgan fingerprint density at radius 3 is 2.35 bits per heavy atom. The van der Waals surface area contributed by atoms with Crippen molar-refractivity contribution in [1.82, 2.24) is 5.32 Å². The number of rotatable bonds is 8. The second-order valence-corrected chi connectivity index (χ2v) is 5.54. The fraction of sp³-hybridized carbons (Fsp3) is 0.368. The van der Waals surface area contributed by atoms with Crippen molar-refractivity contribution in [1.29, 1.82) is 0 Å². The van der Waals surface area contributed by atoms with E-state index >= 15 is 0 Å². The molecule has 0 saturated carbocycles. The zero-order valence-electron chi connectivity index (χ0n) is 14.0. The van der Waals surface area contributed by atoms with Gasteiger partial charge in [-0.2, -0.15) is 0 Å². The lowest BCUT2D eigenvalue weighted by molar-refractivity contribution is 0.136. The van der Waals surface area contributed by atoms with Gasteiger partial charge in [0.05, 0.1) is 20.3 Å². The van der Waals surface area contributed by atoms with Gasteiger partial charge in [-0.1, -0.05) is 36.4 Å². The van der Waals surface area contributed by atoms with Crippen molar-refractivity contribution in [3.05, 3.63) is 59.7 Å². The molecule has 4 heteroatoms. The normalized spacial score (nSPS) is 13.4. The van der Waals surface area contributed by atoms with Crippen LogP contribution in [0, 0.1) is 0 Å². The number of aliphatic hydroxyl groups is 1. The van der Waals surface area contributed by atoms with Gasteiger partial charge in [-0.3, -0.25) is 0 Å². The number of hydrogen-bond acceptors (Lipinski definition) is 4. The molecule has 0 aliphatic rings. The number of benzene rings is 2. The molecule has 124 valence electrons. The molecule has 0 fully saturated rings.